The Morgan fingerprint density at radius 2 is 2.00 bits per heavy atom. The fourth-order valence-electron chi connectivity index (χ4n) is 4.08. The second-order valence-corrected chi connectivity index (χ2v) is 11.3. The van der Waals surface area contributed by atoms with Crippen molar-refractivity contribution in [1.29, 1.82) is 0 Å². The summed E-state index contributed by atoms with van der Waals surface area (Å²) in [6.07, 6.45) is -3.63. The molecule has 14 nitrogen and oxygen atoms in total. The molecule has 3 heterocycles. The quantitative estimate of drug-likeness (QED) is 0.222. The zero-order valence-electron chi connectivity index (χ0n) is 22.6. The standard InChI is InChI=1S/C24H32FN6O8P/c1-13(2)37-21(33)14(3)30-40(34,39-15-9-7-6-8-10-15)36-11-16-18(32)24(4,25)22(38-16)31-12-27-17-19(31)28-23(26)29-20(17)35-5/h6-10,12-14,16,18,22,32H,11H2,1-5H3,(H,30,34)(H2,26,28,29)/t14?,16-,18-,22-,24-,40?/m1/s1. The average Bonchev–Trinajstić information content (AvgIpc) is 3.40. The van der Waals surface area contributed by atoms with Gasteiger partial charge in [0.25, 0.3) is 0 Å². The number of para-hydroxylation sites is 1. The van der Waals surface area contributed by atoms with Crippen molar-refractivity contribution in [3.63, 3.8) is 0 Å². The van der Waals surface area contributed by atoms with E-state index in [-0.39, 0.29) is 28.7 Å². The zero-order chi connectivity index (χ0) is 29.2. The molecule has 1 saturated heterocycles. The van der Waals surface area contributed by atoms with Gasteiger partial charge >= 0.3 is 13.7 Å². The number of ether oxygens (including phenoxy) is 3. The number of nitrogens with one attached hydrogen (secondary N) is 1. The smallest absolute Gasteiger partial charge is 0.459 e. The Bertz CT molecular complexity index is 1390. The topological polar surface area (TPSA) is 182 Å². The van der Waals surface area contributed by atoms with Crippen molar-refractivity contribution in [2.75, 3.05) is 19.5 Å². The molecule has 2 aromatic heterocycles. The van der Waals surface area contributed by atoms with Crippen LogP contribution in [0.25, 0.3) is 11.2 Å². The van der Waals surface area contributed by atoms with E-state index in [0.717, 1.165) is 6.92 Å². The number of nitrogens with two attached hydrogens (primary N) is 1. The van der Waals surface area contributed by atoms with Gasteiger partial charge in [-0.2, -0.15) is 15.1 Å². The van der Waals surface area contributed by atoms with Gasteiger partial charge in [0.2, 0.25) is 11.8 Å². The molecule has 218 valence electrons. The van der Waals surface area contributed by atoms with Crippen LogP contribution < -0.4 is 20.1 Å². The molecule has 2 unspecified atom stereocenters. The number of aliphatic hydroxyl groups excluding tert-OH is 1. The van der Waals surface area contributed by atoms with Gasteiger partial charge in [-0.25, -0.2) is 13.9 Å². The number of carbonyl (C=O) groups is 1. The van der Waals surface area contributed by atoms with Gasteiger partial charge in [0.15, 0.2) is 23.1 Å². The van der Waals surface area contributed by atoms with Crippen LogP contribution >= 0.6 is 7.75 Å². The number of aromatic nitrogens is 4. The van der Waals surface area contributed by atoms with Gasteiger partial charge in [0.1, 0.15) is 24.0 Å². The van der Waals surface area contributed by atoms with E-state index in [0.29, 0.717) is 0 Å². The van der Waals surface area contributed by atoms with Gasteiger partial charge in [-0.3, -0.25) is 13.9 Å². The first-order valence-corrected chi connectivity index (χ1v) is 13.9. The van der Waals surface area contributed by atoms with Crippen molar-refractivity contribution in [2.45, 2.75) is 63.9 Å². The fraction of sp³-hybridized carbons (Fsp3) is 0.500. The number of rotatable bonds is 11. The van der Waals surface area contributed by atoms with Crippen LogP contribution in [0.1, 0.15) is 33.9 Å². The lowest BCUT2D eigenvalue weighted by atomic mass is 9.98. The summed E-state index contributed by atoms with van der Waals surface area (Å²) in [5.74, 6) is -0.566. The van der Waals surface area contributed by atoms with Crippen LogP contribution in [0.15, 0.2) is 36.7 Å². The number of benzene rings is 1. The molecule has 16 heteroatoms. The molecule has 1 fully saturated rings. The maximum atomic E-state index is 15.9. The van der Waals surface area contributed by atoms with Crippen molar-refractivity contribution in [2.24, 2.45) is 0 Å². The summed E-state index contributed by atoms with van der Waals surface area (Å²) in [5.41, 5.74) is 3.71. The van der Waals surface area contributed by atoms with Crippen molar-refractivity contribution >= 4 is 30.8 Å². The van der Waals surface area contributed by atoms with E-state index in [9.17, 15) is 14.5 Å². The van der Waals surface area contributed by atoms with E-state index in [1.54, 1.807) is 32.0 Å². The summed E-state index contributed by atoms with van der Waals surface area (Å²) in [7, 11) is -2.92. The van der Waals surface area contributed by atoms with Crippen LogP contribution in [-0.2, 0) is 23.4 Å². The molecule has 1 aliphatic heterocycles. The minimum atomic E-state index is -4.29. The molecule has 0 saturated carbocycles. The number of esters is 1. The lowest BCUT2D eigenvalue weighted by molar-refractivity contribution is -0.149. The Balaban J connectivity index is 1.56. The van der Waals surface area contributed by atoms with Crippen LogP contribution in [0.5, 0.6) is 11.6 Å². The molecule has 0 radical (unpaired) electrons. The molecule has 4 rings (SSSR count). The zero-order valence-corrected chi connectivity index (χ0v) is 23.4. The largest absolute Gasteiger partial charge is 0.479 e. The second-order valence-electron chi connectivity index (χ2n) is 9.57. The van der Waals surface area contributed by atoms with E-state index in [4.69, 9.17) is 29.0 Å². The number of alkyl halides is 1. The van der Waals surface area contributed by atoms with E-state index in [2.05, 4.69) is 20.0 Å². The number of anilines is 1. The lowest BCUT2D eigenvalue weighted by Gasteiger charge is -2.25. The number of nitrogens with zero attached hydrogens (tertiary/aromatic N) is 4. The van der Waals surface area contributed by atoms with Crippen LogP contribution in [0.4, 0.5) is 10.3 Å². The van der Waals surface area contributed by atoms with Crippen LogP contribution in [0, 0.1) is 0 Å². The normalized spacial score (nSPS) is 25.1. The number of halogens is 1. The predicted octanol–water partition coefficient (Wildman–Crippen LogP) is 2.54. The molecule has 0 amide bonds. The van der Waals surface area contributed by atoms with Crippen LogP contribution in [0.3, 0.4) is 0 Å². The average molecular weight is 583 g/mol. The highest BCUT2D eigenvalue weighted by molar-refractivity contribution is 7.52. The van der Waals surface area contributed by atoms with Gasteiger partial charge in [-0.15, -0.1) is 0 Å². The highest BCUT2D eigenvalue weighted by Gasteiger charge is 2.56. The molecule has 0 aliphatic carbocycles. The second kappa shape index (κ2) is 11.6. The third kappa shape index (κ3) is 6.18. The Morgan fingerprint density at radius 3 is 2.65 bits per heavy atom. The maximum Gasteiger partial charge on any atom is 0.459 e. The van der Waals surface area contributed by atoms with Gasteiger partial charge in [-0.1, -0.05) is 18.2 Å². The molecule has 6 atom stereocenters. The number of nitrogen functional groups attached to an aromatic ring is 1. The van der Waals surface area contributed by atoms with Gasteiger partial charge in [-0.05, 0) is 39.8 Å². The first-order chi connectivity index (χ1) is 18.8. The SMILES string of the molecule is COc1nc(N)nc2c1ncn2[C@@H]1O[C@H](COP(=O)(NC(C)C(=O)OC(C)C)Oc2ccccc2)[C@@H](O)[C@@]1(C)F. The summed E-state index contributed by atoms with van der Waals surface area (Å²) in [6.45, 7) is 5.33. The maximum absolute atomic E-state index is 15.9. The summed E-state index contributed by atoms with van der Waals surface area (Å²) >= 11 is 0. The Kier molecular flexibility index (Phi) is 8.61. The number of carbonyl (C=O) groups excluding carboxylic acids is 1. The summed E-state index contributed by atoms with van der Waals surface area (Å²) in [5, 5.41) is 13.4. The van der Waals surface area contributed by atoms with Crippen LogP contribution in [0.2, 0.25) is 0 Å². The van der Waals surface area contributed by atoms with Gasteiger partial charge < -0.3 is 29.6 Å². The molecule has 1 aromatic carbocycles. The molecule has 1 aliphatic rings. The van der Waals surface area contributed by atoms with E-state index >= 15 is 4.39 Å². The lowest BCUT2D eigenvalue weighted by Crippen LogP contribution is -2.41. The van der Waals surface area contributed by atoms with Crippen molar-refractivity contribution in [1.82, 2.24) is 24.6 Å². The Labute approximate surface area is 229 Å². The molecule has 4 N–H and O–H groups in total. The Morgan fingerprint density at radius 1 is 1.30 bits per heavy atom. The van der Waals surface area contributed by atoms with E-state index < -0.39 is 56.6 Å². The molecule has 40 heavy (non-hydrogen) atoms. The van der Waals surface area contributed by atoms with E-state index in [1.165, 1.54) is 37.1 Å². The minimum Gasteiger partial charge on any atom is -0.479 e. The minimum absolute atomic E-state index is 0.0791. The first kappa shape index (κ1) is 29.6. The highest BCUT2D eigenvalue weighted by Crippen LogP contribution is 2.48. The fourth-order valence-corrected chi connectivity index (χ4v) is 5.58. The van der Waals surface area contributed by atoms with Crippen molar-refractivity contribution < 1.29 is 42.1 Å². The van der Waals surface area contributed by atoms with Gasteiger partial charge in [0.05, 0.1) is 26.1 Å². The number of hydrogen-bond donors (Lipinski definition) is 3. The summed E-state index contributed by atoms with van der Waals surface area (Å²) in [6, 6.07) is 7.02. The molecule has 0 bridgehead atoms. The third-order valence-corrected chi connectivity index (χ3v) is 7.65. The number of hydrogen-bond acceptors (Lipinski definition) is 12. The molecule has 3 aromatic rings. The number of imidazole rings is 1. The Hall–Kier alpha value is -3.36. The monoisotopic (exact) mass is 582 g/mol. The van der Waals surface area contributed by atoms with Crippen LogP contribution in [-0.4, -0.2) is 74.3 Å². The summed E-state index contributed by atoms with van der Waals surface area (Å²) < 4.78 is 58.3. The highest BCUT2D eigenvalue weighted by atomic mass is 31.2. The first-order valence-electron chi connectivity index (χ1n) is 12.4. The van der Waals surface area contributed by atoms with Crippen molar-refractivity contribution in [3.8, 4) is 11.6 Å². The summed E-state index contributed by atoms with van der Waals surface area (Å²) in [4.78, 5) is 24.6. The molecule has 0 spiro atoms. The molecular formula is C24H32FN6O8P. The number of methoxy groups -OCH3 is 1. The van der Waals surface area contributed by atoms with Crippen molar-refractivity contribution in [3.05, 3.63) is 36.7 Å². The third-order valence-electron chi connectivity index (χ3n) is 6.00. The molecular weight excluding hydrogens is 550 g/mol. The number of aliphatic hydroxyl groups is 1. The van der Waals surface area contributed by atoms with Gasteiger partial charge in [0, 0.05) is 0 Å². The predicted molar refractivity (Wildman–Crippen MR) is 140 cm³/mol. The number of fused-ring (bicyclic) bond motifs is 1. The van der Waals surface area contributed by atoms with E-state index in [1.807, 2.05) is 0 Å².